The summed E-state index contributed by atoms with van der Waals surface area (Å²) in [7, 11) is 2.01. The number of amides is 1. The first kappa shape index (κ1) is 16.9. The van der Waals surface area contributed by atoms with E-state index in [2.05, 4.69) is 33.1 Å². The van der Waals surface area contributed by atoms with Gasteiger partial charge in [-0.3, -0.25) is 4.79 Å². The van der Waals surface area contributed by atoms with Gasteiger partial charge in [0.15, 0.2) is 0 Å². The number of carbonyl (C=O) groups excluding carboxylic acids is 1. The molecule has 6 nitrogen and oxygen atoms in total. The molecule has 26 heavy (non-hydrogen) atoms. The van der Waals surface area contributed by atoms with Crippen molar-refractivity contribution in [1.29, 1.82) is 5.26 Å². The second-order valence-corrected chi connectivity index (χ2v) is 7.63. The molecule has 1 aromatic heterocycles. The normalized spacial score (nSPS) is 25.6. The lowest BCUT2D eigenvalue weighted by Crippen LogP contribution is -2.46. The molecule has 6 heteroatoms. The van der Waals surface area contributed by atoms with Crippen LogP contribution in [0.3, 0.4) is 0 Å². The Balaban J connectivity index is 1.51. The highest BCUT2D eigenvalue weighted by molar-refractivity contribution is 5.93. The number of fused-ring (bicyclic) bond motifs is 1. The molecule has 0 bridgehead atoms. The number of carbonyl (C=O) groups is 1. The average molecular weight is 351 g/mol. The van der Waals surface area contributed by atoms with Gasteiger partial charge in [-0.2, -0.15) is 5.26 Å². The molecule has 2 N–H and O–H groups in total. The Morgan fingerprint density at radius 3 is 2.92 bits per heavy atom. The summed E-state index contributed by atoms with van der Waals surface area (Å²) in [5.74, 6) is 1.62. The number of benzene rings is 1. The summed E-state index contributed by atoms with van der Waals surface area (Å²) in [4.78, 5) is 14.7. The molecular formula is C20H25N5O. The zero-order chi connectivity index (χ0) is 18.3. The molecule has 3 heterocycles. The zero-order valence-corrected chi connectivity index (χ0v) is 15.3. The number of aryl methyl sites for hydroxylation is 1. The van der Waals surface area contributed by atoms with Gasteiger partial charge in [0.2, 0.25) is 5.91 Å². The molecule has 1 aromatic carbocycles. The van der Waals surface area contributed by atoms with E-state index in [1.165, 1.54) is 0 Å². The number of aromatic nitrogens is 1. The molecule has 4 rings (SSSR count). The van der Waals surface area contributed by atoms with Crippen molar-refractivity contribution in [1.82, 2.24) is 15.2 Å². The molecule has 0 radical (unpaired) electrons. The zero-order valence-electron chi connectivity index (χ0n) is 15.3. The van der Waals surface area contributed by atoms with Crippen LogP contribution in [-0.2, 0) is 11.8 Å². The lowest BCUT2D eigenvalue weighted by molar-refractivity contribution is -0.123. The third kappa shape index (κ3) is 2.82. The SMILES string of the molecule is CC1CNC(C(=O)NC2CCN(c3c(C#N)c4ccccc4n3C)C2)C1. The molecule has 3 unspecified atom stereocenters. The first-order chi connectivity index (χ1) is 12.6. The second kappa shape index (κ2) is 6.65. The van der Waals surface area contributed by atoms with Crippen molar-refractivity contribution in [2.24, 2.45) is 13.0 Å². The van der Waals surface area contributed by atoms with Crippen LogP contribution in [0.15, 0.2) is 24.3 Å². The van der Waals surface area contributed by atoms with Gasteiger partial charge >= 0.3 is 0 Å². The van der Waals surface area contributed by atoms with Crippen LogP contribution < -0.4 is 15.5 Å². The molecule has 136 valence electrons. The van der Waals surface area contributed by atoms with Gasteiger partial charge in [0.25, 0.3) is 0 Å². The highest BCUT2D eigenvalue weighted by Gasteiger charge is 2.32. The monoisotopic (exact) mass is 351 g/mol. The van der Waals surface area contributed by atoms with E-state index in [9.17, 15) is 10.1 Å². The molecule has 2 aliphatic heterocycles. The number of rotatable bonds is 3. The minimum absolute atomic E-state index is 0.0636. The molecule has 0 spiro atoms. The van der Waals surface area contributed by atoms with Crippen molar-refractivity contribution in [3.8, 4) is 6.07 Å². The van der Waals surface area contributed by atoms with Crippen molar-refractivity contribution < 1.29 is 4.79 Å². The van der Waals surface area contributed by atoms with Gasteiger partial charge in [0.05, 0.1) is 11.6 Å². The summed E-state index contributed by atoms with van der Waals surface area (Å²) in [6.07, 6.45) is 1.81. The van der Waals surface area contributed by atoms with Crippen LogP contribution in [-0.4, -0.2) is 42.2 Å². The summed E-state index contributed by atoms with van der Waals surface area (Å²) in [5, 5.41) is 17.2. The van der Waals surface area contributed by atoms with Crippen LogP contribution in [0.2, 0.25) is 0 Å². The fourth-order valence-corrected chi connectivity index (χ4v) is 4.34. The van der Waals surface area contributed by atoms with Crippen molar-refractivity contribution in [3.63, 3.8) is 0 Å². The standard InChI is InChI=1S/C20H25N5O/c1-13-9-17(22-11-13)19(26)23-14-7-8-25(12-14)20-16(10-21)15-5-3-4-6-18(15)24(20)2/h3-6,13-14,17,22H,7-9,11-12H2,1-2H3,(H,23,26). The summed E-state index contributed by atoms with van der Waals surface area (Å²) < 4.78 is 2.10. The van der Waals surface area contributed by atoms with Crippen molar-refractivity contribution in [2.75, 3.05) is 24.5 Å². The average Bonchev–Trinajstić information content (AvgIpc) is 3.33. The lowest BCUT2D eigenvalue weighted by atomic mass is 10.1. The van der Waals surface area contributed by atoms with Crippen LogP contribution in [0.1, 0.15) is 25.3 Å². The number of nitriles is 1. The third-order valence-corrected chi connectivity index (χ3v) is 5.69. The van der Waals surface area contributed by atoms with Crippen LogP contribution in [0.25, 0.3) is 10.9 Å². The Labute approximate surface area is 153 Å². The van der Waals surface area contributed by atoms with E-state index in [4.69, 9.17) is 0 Å². The van der Waals surface area contributed by atoms with Crippen LogP contribution in [0, 0.1) is 17.2 Å². The van der Waals surface area contributed by atoms with Gasteiger partial charge < -0.3 is 20.1 Å². The minimum Gasteiger partial charge on any atom is -0.355 e. The first-order valence-corrected chi connectivity index (χ1v) is 9.34. The predicted octanol–water partition coefficient (Wildman–Crippen LogP) is 1.74. The maximum Gasteiger partial charge on any atom is 0.237 e. The number of hydrogen-bond donors (Lipinski definition) is 2. The third-order valence-electron chi connectivity index (χ3n) is 5.69. The summed E-state index contributed by atoms with van der Waals surface area (Å²) in [6.45, 7) is 4.67. The molecule has 1 amide bonds. The number of para-hydroxylation sites is 1. The minimum atomic E-state index is -0.0636. The van der Waals surface area contributed by atoms with Gasteiger partial charge in [-0.25, -0.2) is 0 Å². The largest absolute Gasteiger partial charge is 0.355 e. The Bertz CT molecular complexity index is 880. The molecule has 3 atom stereocenters. The summed E-state index contributed by atoms with van der Waals surface area (Å²) in [6, 6.07) is 10.5. The van der Waals surface area contributed by atoms with Gasteiger partial charge in [-0.1, -0.05) is 25.1 Å². The van der Waals surface area contributed by atoms with Gasteiger partial charge in [-0.15, -0.1) is 0 Å². The van der Waals surface area contributed by atoms with Gasteiger partial charge in [-0.05, 0) is 31.4 Å². The van der Waals surface area contributed by atoms with Crippen LogP contribution in [0.5, 0.6) is 0 Å². The number of nitrogens with one attached hydrogen (secondary N) is 2. The Hall–Kier alpha value is -2.52. The van der Waals surface area contributed by atoms with Crippen LogP contribution >= 0.6 is 0 Å². The lowest BCUT2D eigenvalue weighted by Gasteiger charge is -2.21. The maximum atomic E-state index is 12.5. The number of hydrogen-bond acceptors (Lipinski definition) is 4. The van der Waals surface area contributed by atoms with Crippen molar-refractivity contribution >= 4 is 22.6 Å². The van der Waals surface area contributed by atoms with E-state index >= 15 is 0 Å². The highest BCUT2D eigenvalue weighted by Crippen LogP contribution is 2.33. The molecule has 2 aromatic rings. The summed E-state index contributed by atoms with van der Waals surface area (Å²) >= 11 is 0. The predicted molar refractivity (Wildman–Crippen MR) is 102 cm³/mol. The quantitative estimate of drug-likeness (QED) is 0.884. The van der Waals surface area contributed by atoms with Gasteiger partial charge in [0.1, 0.15) is 17.5 Å². The van der Waals surface area contributed by atoms with E-state index in [1.807, 2.05) is 31.3 Å². The van der Waals surface area contributed by atoms with E-state index in [-0.39, 0.29) is 18.0 Å². The Kier molecular flexibility index (Phi) is 4.33. The molecule has 0 saturated carbocycles. The fourth-order valence-electron chi connectivity index (χ4n) is 4.34. The summed E-state index contributed by atoms with van der Waals surface area (Å²) in [5.41, 5.74) is 1.79. The van der Waals surface area contributed by atoms with E-state index in [1.54, 1.807) is 0 Å². The second-order valence-electron chi connectivity index (χ2n) is 7.63. The first-order valence-electron chi connectivity index (χ1n) is 9.34. The maximum absolute atomic E-state index is 12.5. The fraction of sp³-hybridized carbons (Fsp3) is 0.500. The Morgan fingerprint density at radius 2 is 2.19 bits per heavy atom. The number of anilines is 1. The van der Waals surface area contributed by atoms with E-state index in [0.717, 1.165) is 54.8 Å². The Morgan fingerprint density at radius 1 is 1.38 bits per heavy atom. The van der Waals surface area contributed by atoms with Crippen LogP contribution in [0.4, 0.5) is 5.82 Å². The molecule has 2 saturated heterocycles. The molecule has 2 aliphatic rings. The molecular weight excluding hydrogens is 326 g/mol. The smallest absolute Gasteiger partial charge is 0.237 e. The van der Waals surface area contributed by atoms with Crippen molar-refractivity contribution in [3.05, 3.63) is 29.8 Å². The topological polar surface area (TPSA) is 73.1 Å². The molecule has 0 aliphatic carbocycles. The molecule has 2 fully saturated rings. The van der Waals surface area contributed by atoms with E-state index in [0.29, 0.717) is 5.92 Å². The van der Waals surface area contributed by atoms with Gasteiger partial charge in [0, 0.05) is 31.6 Å². The van der Waals surface area contributed by atoms with E-state index < -0.39 is 0 Å². The highest BCUT2D eigenvalue weighted by atomic mass is 16.2. The van der Waals surface area contributed by atoms with Crippen molar-refractivity contribution in [2.45, 2.75) is 31.8 Å². The number of nitrogens with zero attached hydrogens (tertiary/aromatic N) is 3.